The highest BCUT2D eigenvalue weighted by Crippen LogP contribution is 2.27. The van der Waals surface area contributed by atoms with E-state index in [1.165, 1.54) is 0 Å². The van der Waals surface area contributed by atoms with Gasteiger partial charge in [-0.25, -0.2) is 0 Å². The van der Waals surface area contributed by atoms with Crippen LogP contribution in [0.5, 0.6) is 0 Å². The largest absolute Gasteiger partial charge is 0.292 e. The number of halogens is 2. The van der Waals surface area contributed by atoms with Crippen molar-refractivity contribution in [1.29, 1.82) is 0 Å². The summed E-state index contributed by atoms with van der Waals surface area (Å²) in [5, 5.41) is 0.667. The summed E-state index contributed by atoms with van der Waals surface area (Å²) in [6, 6.07) is 3.59. The molecule has 2 aliphatic rings. The van der Waals surface area contributed by atoms with Crippen molar-refractivity contribution in [3.8, 4) is 0 Å². The van der Waals surface area contributed by atoms with Crippen molar-refractivity contribution in [2.45, 2.75) is 25.7 Å². The molecule has 0 saturated heterocycles. The first-order chi connectivity index (χ1) is 10.6. The number of hydrogen-bond donors (Lipinski definition) is 0. The molecular formula is C16H12BrClN2O2. The van der Waals surface area contributed by atoms with Gasteiger partial charge >= 0.3 is 0 Å². The van der Waals surface area contributed by atoms with E-state index in [0.29, 0.717) is 29.3 Å². The third-order valence-electron chi connectivity index (χ3n) is 3.73. The van der Waals surface area contributed by atoms with Gasteiger partial charge in [0.05, 0.1) is 0 Å². The second-order valence-corrected chi connectivity index (χ2v) is 6.35. The molecule has 6 heteroatoms. The Morgan fingerprint density at radius 3 is 2.00 bits per heavy atom. The fourth-order valence-electron chi connectivity index (χ4n) is 2.61. The van der Waals surface area contributed by atoms with Crippen LogP contribution in [0.2, 0.25) is 5.02 Å². The quantitative estimate of drug-likeness (QED) is 0.698. The zero-order valence-corrected chi connectivity index (χ0v) is 13.9. The lowest BCUT2D eigenvalue weighted by Crippen LogP contribution is -1.94. The third-order valence-corrected chi connectivity index (χ3v) is 4.83. The van der Waals surface area contributed by atoms with Crippen LogP contribution in [-0.2, 0) is 12.8 Å². The number of carbonyl (C=O) groups excluding carboxylic acids is 2. The van der Waals surface area contributed by atoms with Crippen LogP contribution in [0.1, 0.15) is 44.9 Å². The topological polar surface area (TPSA) is 59.9 Å². The van der Waals surface area contributed by atoms with Gasteiger partial charge in [-0.2, -0.15) is 0 Å². The Balaban J connectivity index is 0.000000131. The van der Waals surface area contributed by atoms with Crippen molar-refractivity contribution < 1.29 is 9.59 Å². The minimum absolute atomic E-state index is 0.113. The second kappa shape index (κ2) is 6.26. The van der Waals surface area contributed by atoms with Gasteiger partial charge in [0.15, 0.2) is 11.6 Å². The van der Waals surface area contributed by atoms with E-state index in [1.54, 1.807) is 18.5 Å². The monoisotopic (exact) mass is 378 g/mol. The first-order valence-corrected chi connectivity index (χ1v) is 8.08. The van der Waals surface area contributed by atoms with E-state index in [-0.39, 0.29) is 11.6 Å². The van der Waals surface area contributed by atoms with E-state index in [4.69, 9.17) is 11.6 Å². The zero-order chi connectivity index (χ0) is 15.7. The van der Waals surface area contributed by atoms with Crippen molar-refractivity contribution in [1.82, 2.24) is 9.97 Å². The summed E-state index contributed by atoms with van der Waals surface area (Å²) in [6.07, 6.45) is 6.00. The lowest BCUT2D eigenvalue weighted by molar-refractivity contribution is 0.0982. The maximum Gasteiger partial charge on any atom is 0.181 e. The average molecular weight is 380 g/mol. The Bertz CT molecular complexity index is 711. The van der Waals surface area contributed by atoms with Gasteiger partial charge in [-0.15, -0.1) is 0 Å². The minimum Gasteiger partial charge on any atom is -0.292 e. The molecule has 4 nitrogen and oxygen atoms in total. The zero-order valence-electron chi connectivity index (χ0n) is 11.6. The standard InChI is InChI=1S/C8H6BrNO.C8H6ClNO/c2*9-6-3-4-10-8-5(6)1-2-7(8)11/h2*3-4H,1-2H2. The molecular weight excluding hydrogens is 368 g/mol. The van der Waals surface area contributed by atoms with Crippen LogP contribution < -0.4 is 0 Å². The highest BCUT2D eigenvalue weighted by atomic mass is 79.9. The van der Waals surface area contributed by atoms with Crippen LogP contribution in [0.25, 0.3) is 0 Å². The van der Waals surface area contributed by atoms with E-state index >= 15 is 0 Å². The summed E-state index contributed by atoms with van der Waals surface area (Å²) < 4.78 is 1.01. The molecule has 2 aromatic heterocycles. The van der Waals surface area contributed by atoms with Gasteiger partial charge in [0, 0.05) is 40.3 Å². The minimum atomic E-state index is 0.113. The van der Waals surface area contributed by atoms with E-state index < -0.39 is 0 Å². The van der Waals surface area contributed by atoms with Crippen molar-refractivity contribution in [2.75, 3.05) is 0 Å². The summed E-state index contributed by atoms with van der Waals surface area (Å²) in [6.45, 7) is 0. The predicted molar refractivity (Wildman–Crippen MR) is 86.5 cm³/mol. The molecule has 0 N–H and O–H groups in total. The number of carbonyl (C=O) groups is 2. The molecule has 2 aromatic rings. The molecule has 0 bridgehead atoms. The normalized spacial score (nSPS) is 15.2. The number of Topliss-reactive ketones (excluding diaryl/α,β-unsaturated/α-hetero) is 2. The number of pyridine rings is 2. The molecule has 4 rings (SSSR count). The van der Waals surface area contributed by atoms with Crippen molar-refractivity contribution in [2.24, 2.45) is 0 Å². The molecule has 0 aliphatic heterocycles. The van der Waals surface area contributed by atoms with Crippen LogP contribution in [0, 0.1) is 0 Å². The molecule has 2 heterocycles. The van der Waals surface area contributed by atoms with Crippen molar-refractivity contribution >= 4 is 39.1 Å². The summed E-state index contributed by atoms with van der Waals surface area (Å²) >= 11 is 9.23. The summed E-state index contributed by atoms with van der Waals surface area (Å²) in [5.41, 5.74) is 3.20. The fraction of sp³-hybridized carbons (Fsp3) is 0.250. The van der Waals surface area contributed by atoms with Crippen molar-refractivity contribution in [3.63, 3.8) is 0 Å². The van der Waals surface area contributed by atoms with Gasteiger partial charge in [-0.05, 0) is 30.5 Å². The SMILES string of the molecule is O=C1CCc2c(Br)ccnc21.O=C1CCc2c(Cl)ccnc21. The van der Waals surface area contributed by atoms with Gasteiger partial charge in [0.25, 0.3) is 0 Å². The molecule has 0 fully saturated rings. The first kappa shape index (κ1) is 15.3. The number of nitrogens with zero attached hydrogens (tertiary/aromatic N) is 2. The number of hydrogen-bond acceptors (Lipinski definition) is 4. The maximum atomic E-state index is 11.1. The second-order valence-electron chi connectivity index (χ2n) is 5.09. The Morgan fingerprint density at radius 1 is 0.864 bits per heavy atom. The molecule has 0 atom stereocenters. The molecule has 0 amide bonds. The van der Waals surface area contributed by atoms with Gasteiger partial charge in [0.1, 0.15) is 11.4 Å². The first-order valence-electron chi connectivity index (χ1n) is 6.91. The Labute approximate surface area is 141 Å². The van der Waals surface area contributed by atoms with Crippen LogP contribution >= 0.6 is 27.5 Å². The van der Waals surface area contributed by atoms with Gasteiger partial charge in [-0.3, -0.25) is 19.6 Å². The molecule has 0 saturated carbocycles. The predicted octanol–water partition coefficient (Wildman–Crippen LogP) is 3.84. The smallest absolute Gasteiger partial charge is 0.181 e. The van der Waals surface area contributed by atoms with E-state index in [0.717, 1.165) is 28.4 Å². The lowest BCUT2D eigenvalue weighted by Gasteiger charge is -1.96. The van der Waals surface area contributed by atoms with E-state index in [1.807, 2.05) is 6.07 Å². The Hall–Kier alpha value is -1.59. The highest BCUT2D eigenvalue weighted by Gasteiger charge is 2.23. The van der Waals surface area contributed by atoms with Crippen LogP contribution in [0.4, 0.5) is 0 Å². The molecule has 112 valence electrons. The Kier molecular flexibility index (Phi) is 4.36. The molecule has 0 spiro atoms. The van der Waals surface area contributed by atoms with Gasteiger partial charge in [0.2, 0.25) is 0 Å². The number of rotatable bonds is 0. The molecule has 0 radical (unpaired) electrons. The average Bonchev–Trinajstić information content (AvgIpc) is 3.07. The van der Waals surface area contributed by atoms with Gasteiger partial charge in [-0.1, -0.05) is 27.5 Å². The van der Waals surface area contributed by atoms with E-state index in [2.05, 4.69) is 25.9 Å². The molecule has 0 unspecified atom stereocenters. The van der Waals surface area contributed by atoms with Gasteiger partial charge < -0.3 is 0 Å². The van der Waals surface area contributed by atoms with Crippen LogP contribution in [0.3, 0.4) is 0 Å². The lowest BCUT2D eigenvalue weighted by atomic mass is 10.2. The fourth-order valence-corrected chi connectivity index (χ4v) is 3.35. The maximum absolute atomic E-state index is 11.1. The number of fused-ring (bicyclic) bond motifs is 2. The van der Waals surface area contributed by atoms with E-state index in [9.17, 15) is 9.59 Å². The summed E-state index contributed by atoms with van der Waals surface area (Å²) in [5.74, 6) is 0.281. The third kappa shape index (κ3) is 2.83. The molecule has 0 aromatic carbocycles. The summed E-state index contributed by atoms with van der Waals surface area (Å²) in [4.78, 5) is 30.2. The highest BCUT2D eigenvalue weighted by molar-refractivity contribution is 9.10. The Morgan fingerprint density at radius 2 is 1.41 bits per heavy atom. The number of ketones is 2. The van der Waals surface area contributed by atoms with Crippen LogP contribution in [-0.4, -0.2) is 21.5 Å². The summed E-state index contributed by atoms with van der Waals surface area (Å²) in [7, 11) is 0. The molecule has 22 heavy (non-hydrogen) atoms. The van der Waals surface area contributed by atoms with Crippen molar-refractivity contribution in [3.05, 3.63) is 56.5 Å². The van der Waals surface area contributed by atoms with Crippen LogP contribution in [0.15, 0.2) is 29.0 Å². The number of aromatic nitrogens is 2. The molecule has 2 aliphatic carbocycles.